The summed E-state index contributed by atoms with van der Waals surface area (Å²) in [5.41, 5.74) is 2.65. The summed E-state index contributed by atoms with van der Waals surface area (Å²) in [5, 5.41) is 3.43. The Kier molecular flexibility index (Phi) is 4.79. The van der Waals surface area contributed by atoms with Gasteiger partial charge < -0.3 is 15.1 Å². The van der Waals surface area contributed by atoms with Gasteiger partial charge in [-0.15, -0.1) is 0 Å². The molecule has 2 aromatic carbocycles. The van der Waals surface area contributed by atoms with Crippen LogP contribution in [0.25, 0.3) is 0 Å². The quantitative estimate of drug-likeness (QED) is 0.837. The highest BCUT2D eigenvalue weighted by molar-refractivity contribution is 6.31. The van der Waals surface area contributed by atoms with Gasteiger partial charge in [0.05, 0.1) is 11.3 Å². The highest BCUT2D eigenvalue weighted by Crippen LogP contribution is 2.34. The number of benzene rings is 2. The van der Waals surface area contributed by atoms with E-state index in [4.69, 9.17) is 11.6 Å². The molecule has 140 valence electrons. The van der Waals surface area contributed by atoms with Gasteiger partial charge in [0.15, 0.2) is 0 Å². The van der Waals surface area contributed by atoms with Gasteiger partial charge in [0.25, 0.3) is 11.8 Å². The highest BCUT2D eigenvalue weighted by Gasteiger charge is 2.36. The van der Waals surface area contributed by atoms with Crippen LogP contribution in [-0.4, -0.2) is 36.5 Å². The van der Waals surface area contributed by atoms with Crippen LogP contribution in [0.15, 0.2) is 42.5 Å². The van der Waals surface area contributed by atoms with Gasteiger partial charge in [0, 0.05) is 29.9 Å². The van der Waals surface area contributed by atoms with Crippen molar-refractivity contribution in [1.29, 1.82) is 0 Å². The van der Waals surface area contributed by atoms with E-state index in [1.54, 1.807) is 36.4 Å². The third kappa shape index (κ3) is 3.39. The first-order valence-electron chi connectivity index (χ1n) is 9.29. The molecule has 2 aliphatic heterocycles. The number of hydrogen-bond acceptors (Lipinski definition) is 3. The van der Waals surface area contributed by atoms with Crippen molar-refractivity contribution in [2.24, 2.45) is 0 Å². The molecule has 5 nitrogen and oxygen atoms in total. The Morgan fingerprint density at radius 1 is 1.15 bits per heavy atom. The summed E-state index contributed by atoms with van der Waals surface area (Å²) >= 11 is 5.98. The molecule has 2 aromatic rings. The second kappa shape index (κ2) is 7.24. The lowest BCUT2D eigenvalue weighted by molar-refractivity contribution is 0.0661. The summed E-state index contributed by atoms with van der Waals surface area (Å²) in [5.74, 6) is -0.152. The van der Waals surface area contributed by atoms with Crippen molar-refractivity contribution in [2.45, 2.75) is 31.8 Å². The van der Waals surface area contributed by atoms with Crippen LogP contribution < -0.4 is 10.2 Å². The number of anilines is 2. The SMILES string of the molecule is CN1c2cc(C(=O)Nc3cccc(Cl)c3)ccc2C(=O)N2CCCCC[C@@H]21. The zero-order chi connectivity index (χ0) is 19.0. The molecule has 0 unspecified atom stereocenters. The number of carbonyl (C=O) groups excluding carboxylic acids is 2. The molecule has 6 heteroatoms. The number of carbonyl (C=O) groups is 2. The Balaban J connectivity index is 1.63. The molecule has 0 aliphatic carbocycles. The molecule has 0 saturated carbocycles. The summed E-state index contributed by atoms with van der Waals surface area (Å²) in [7, 11) is 2.01. The fourth-order valence-electron chi connectivity index (χ4n) is 3.96. The molecular weight excluding hydrogens is 362 g/mol. The molecule has 0 spiro atoms. The van der Waals surface area contributed by atoms with E-state index in [1.165, 1.54) is 0 Å². The molecule has 2 aliphatic rings. The van der Waals surface area contributed by atoms with Crippen molar-refractivity contribution in [3.8, 4) is 0 Å². The number of rotatable bonds is 2. The van der Waals surface area contributed by atoms with Crippen molar-refractivity contribution in [1.82, 2.24) is 4.90 Å². The van der Waals surface area contributed by atoms with Crippen molar-refractivity contribution in [3.63, 3.8) is 0 Å². The zero-order valence-corrected chi connectivity index (χ0v) is 16.0. The second-order valence-corrected chi connectivity index (χ2v) is 7.57. The third-order valence-electron chi connectivity index (χ3n) is 5.38. The normalized spacial score (nSPS) is 19.2. The number of hydrogen-bond donors (Lipinski definition) is 1. The Morgan fingerprint density at radius 3 is 2.81 bits per heavy atom. The number of nitrogens with one attached hydrogen (secondary N) is 1. The van der Waals surface area contributed by atoms with E-state index >= 15 is 0 Å². The summed E-state index contributed by atoms with van der Waals surface area (Å²) < 4.78 is 0. The lowest BCUT2D eigenvalue weighted by atomic mass is 10.0. The monoisotopic (exact) mass is 383 g/mol. The lowest BCUT2D eigenvalue weighted by Crippen LogP contribution is -2.53. The maximum Gasteiger partial charge on any atom is 0.257 e. The number of amides is 2. The molecule has 1 N–H and O–H groups in total. The Labute approximate surface area is 163 Å². The van der Waals surface area contributed by atoms with Crippen LogP contribution in [0.5, 0.6) is 0 Å². The van der Waals surface area contributed by atoms with Crippen molar-refractivity contribution in [3.05, 3.63) is 58.6 Å². The van der Waals surface area contributed by atoms with E-state index in [2.05, 4.69) is 10.2 Å². The maximum absolute atomic E-state index is 12.9. The smallest absolute Gasteiger partial charge is 0.257 e. The summed E-state index contributed by atoms with van der Waals surface area (Å²) in [6.07, 6.45) is 4.34. The third-order valence-corrected chi connectivity index (χ3v) is 5.62. The van der Waals surface area contributed by atoms with E-state index in [9.17, 15) is 9.59 Å². The molecule has 1 saturated heterocycles. The van der Waals surface area contributed by atoms with Gasteiger partial charge in [0.1, 0.15) is 6.17 Å². The summed E-state index contributed by atoms with van der Waals surface area (Å²) in [6.45, 7) is 0.796. The van der Waals surface area contributed by atoms with Gasteiger partial charge in [-0.3, -0.25) is 9.59 Å². The van der Waals surface area contributed by atoms with Crippen molar-refractivity contribution in [2.75, 3.05) is 23.8 Å². The standard InChI is InChI=1S/C21H22ClN3O2/c1-24-18-12-14(20(26)23-16-7-5-6-15(22)13-16)9-10-17(18)21(27)25-11-4-2-3-8-19(24)25/h5-7,9-10,12-13,19H,2-4,8,11H2,1H3,(H,23,26)/t19-/m1/s1. The first-order valence-corrected chi connectivity index (χ1v) is 9.67. The van der Waals surface area contributed by atoms with Crippen molar-refractivity contribution < 1.29 is 9.59 Å². The minimum absolute atomic E-state index is 0.0665. The van der Waals surface area contributed by atoms with Gasteiger partial charge in [-0.05, 0) is 55.7 Å². The molecule has 0 bridgehead atoms. The topological polar surface area (TPSA) is 52.7 Å². The molecule has 1 fully saturated rings. The Morgan fingerprint density at radius 2 is 2.00 bits per heavy atom. The molecule has 27 heavy (non-hydrogen) atoms. The molecule has 0 aromatic heterocycles. The first-order chi connectivity index (χ1) is 13.0. The van der Waals surface area contributed by atoms with Crippen LogP contribution in [0.2, 0.25) is 5.02 Å². The molecule has 0 radical (unpaired) electrons. The fraction of sp³-hybridized carbons (Fsp3) is 0.333. The van der Waals surface area contributed by atoms with Crippen LogP contribution in [0.1, 0.15) is 46.4 Å². The molecule has 1 atom stereocenters. The second-order valence-electron chi connectivity index (χ2n) is 7.14. The van der Waals surface area contributed by atoms with Crippen LogP contribution in [0, 0.1) is 0 Å². The molecule has 2 amide bonds. The van der Waals surface area contributed by atoms with Gasteiger partial charge in [-0.25, -0.2) is 0 Å². The summed E-state index contributed by atoms with van der Waals surface area (Å²) in [6, 6.07) is 12.3. The maximum atomic E-state index is 12.9. The minimum Gasteiger partial charge on any atom is -0.354 e. The van der Waals surface area contributed by atoms with E-state index in [0.29, 0.717) is 21.8 Å². The average molecular weight is 384 g/mol. The predicted octanol–water partition coefficient (Wildman–Crippen LogP) is 4.38. The number of halogens is 1. The molecule has 4 rings (SSSR count). The van der Waals surface area contributed by atoms with Gasteiger partial charge in [-0.2, -0.15) is 0 Å². The van der Waals surface area contributed by atoms with Gasteiger partial charge >= 0.3 is 0 Å². The first kappa shape index (κ1) is 17.9. The molecular formula is C21H22ClN3O2. The van der Waals surface area contributed by atoms with Crippen LogP contribution in [0.4, 0.5) is 11.4 Å². The summed E-state index contributed by atoms with van der Waals surface area (Å²) in [4.78, 5) is 29.7. The molecule has 2 heterocycles. The average Bonchev–Trinajstić information content (AvgIpc) is 2.92. The highest BCUT2D eigenvalue weighted by atomic mass is 35.5. The largest absolute Gasteiger partial charge is 0.354 e. The van der Waals surface area contributed by atoms with E-state index in [0.717, 1.165) is 37.9 Å². The Bertz CT molecular complexity index is 899. The fourth-order valence-corrected chi connectivity index (χ4v) is 4.15. The minimum atomic E-state index is -0.218. The van der Waals surface area contributed by atoms with Crippen LogP contribution in [0.3, 0.4) is 0 Å². The van der Waals surface area contributed by atoms with Gasteiger partial charge in [0.2, 0.25) is 0 Å². The number of nitrogens with zero attached hydrogens (tertiary/aromatic N) is 2. The van der Waals surface area contributed by atoms with E-state index in [1.807, 2.05) is 18.0 Å². The predicted molar refractivity (Wildman–Crippen MR) is 108 cm³/mol. The van der Waals surface area contributed by atoms with Crippen LogP contribution in [-0.2, 0) is 0 Å². The van der Waals surface area contributed by atoms with E-state index < -0.39 is 0 Å². The van der Waals surface area contributed by atoms with Gasteiger partial charge in [-0.1, -0.05) is 24.1 Å². The lowest BCUT2D eigenvalue weighted by Gasteiger charge is -2.43. The van der Waals surface area contributed by atoms with Crippen molar-refractivity contribution >= 4 is 34.8 Å². The van der Waals surface area contributed by atoms with E-state index in [-0.39, 0.29) is 18.0 Å². The Hall–Kier alpha value is -2.53. The van der Waals surface area contributed by atoms with Crippen LogP contribution >= 0.6 is 11.6 Å². The zero-order valence-electron chi connectivity index (χ0n) is 15.2. The number of fused-ring (bicyclic) bond motifs is 2.